The summed E-state index contributed by atoms with van der Waals surface area (Å²) >= 11 is 0. The van der Waals surface area contributed by atoms with Gasteiger partial charge in [-0.2, -0.15) is 0 Å². The number of hydrogen-bond donors (Lipinski definition) is 1. The molecule has 0 atom stereocenters. The first-order chi connectivity index (χ1) is 5.20. The largest absolute Gasteiger partial charge is 0.490 e. The Morgan fingerprint density at radius 1 is 1.73 bits per heavy atom. The molecule has 1 aliphatic rings. The van der Waals surface area contributed by atoms with Crippen LogP contribution in [0, 0.1) is 0 Å². The molecule has 1 N–H and O–H groups in total. The van der Waals surface area contributed by atoms with E-state index in [4.69, 9.17) is 4.74 Å². The quantitative estimate of drug-likeness (QED) is 0.614. The van der Waals surface area contributed by atoms with E-state index in [0.717, 1.165) is 23.6 Å². The Morgan fingerprint density at radius 2 is 2.45 bits per heavy atom. The molecule has 0 amide bonds. The van der Waals surface area contributed by atoms with Crippen LogP contribution in [0.3, 0.4) is 0 Å². The summed E-state index contributed by atoms with van der Waals surface area (Å²) in [5.74, 6) is 0.809. The van der Waals surface area contributed by atoms with Crippen molar-refractivity contribution in [2.45, 2.75) is 6.92 Å². The van der Waals surface area contributed by atoms with Crippen LogP contribution in [0.2, 0.25) is 0 Å². The summed E-state index contributed by atoms with van der Waals surface area (Å²) in [7, 11) is 0. The highest BCUT2D eigenvalue weighted by molar-refractivity contribution is 5.29. The molecule has 60 valence electrons. The Morgan fingerprint density at radius 3 is 3.00 bits per heavy atom. The molecule has 0 aromatic rings. The van der Waals surface area contributed by atoms with Crippen molar-refractivity contribution in [2.75, 3.05) is 13.2 Å². The van der Waals surface area contributed by atoms with E-state index in [-0.39, 0.29) is 0 Å². The number of hydrogen-bond acceptors (Lipinski definition) is 2. The minimum absolute atomic E-state index is 0.706. The van der Waals surface area contributed by atoms with Crippen LogP contribution in [0.5, 0.6) is 0 Å². The minimum Gasteiger partial charge on any atom is -0.490 e. The van der Waals surface area contributed by atoms with Crippen molar-refractivity contribution in [2.24, 2.45) is 0 Å². The average molecular weight is 151 g/mol. The molecule has 0 spiro atoms. The smallest absolute Gasteiger partial charge is 0.142 e. The van der Waals surface area contributed by atoms with Gasteiger partial charge in [0.15, 0.2) is 0 Å². The number of nitrogens with one attached hydrogen (secondary N) is 1. The molecule has 0 bridgehead atoms. The van der Waals surface area contributed by atoms with Crippen LogP contribution < -0.4 is 5.32 Å². The molecule has 0 aromatic carbocycles. The zero-order chi connectivity index (χ0) is 8.27. The maximum absolute atomic E-state index is 5.34. The predicted octanol–water partition coefficient (Wildman–Crippen LogP) is 1.58. The number of ether oxygens (including phenoxy) is 1. The van der Waals surface area contributed by atoms with Crippen LogP contribution in [0.1, 0.15) is 6.92 Å². The third-order valence-corrected chi connectivity index (χ3v) is 1.37. The van der Waals surface area contributed by atoms with Crippen LogP contribution in [-0.2, 0) is 4.74 Å². The Balaban J connectivity index is 2.68. The average Bonchev–Trinajstić information content (AvgIpc) is 1.93. The van der Waals surface area contributed by atoms with Gasteiger partial charge in [0.1, 0.15) is 12.4 Å². The maximum Gasteiger partial charge on any atom is 0.142 e. The summed E-state index contributed by atoms with van der Waals surface area (Å²) in [5.41, 5.74) is 1.82. The van der Waals surface area contributed by atoms with Gasteiger partial charge in [0.25, 0.3) is 0 Å². The van der Waals surface area contributed by atoms with Gasteiger partial charge in [-0.3, -0.25) is 0 Å². The SMILES string of the molecule is C=C(C)/C=C1/OCCNC1=C. The third-order valence-electron chi connectivity index (χ3n) is 1.37. The zero-order valence-corrected chi connectivity index (χ0v) is 6.81. The van der Waals surface area contributed by atoms with E-state index >= 15 is 0 Å². The van der Waals surface area contributed by atoms with E-state index in [0.29, 0.717) is 6.61 Å². The van der Waals surface area contributed by atoms with Crippen LogP contribution >= 0.6 is 0 Å². The highest BCUT2D eigenvalue weighted by Gasteiger charge is 2.08. The first-order valence-corrected chi connectivity index (χ1v) is 3.63. The lowest BCUT2D eigenvalue weighted by Gasteiger charge is -2.20. The second-order valence-electron chi connectivity index (χ2n) is 2.61. The molecule has 2 nitrogen and oxygen atoms in total. The lowest BCUT2D eigenvalue weighted by Crippen LogP contribution is -2.26. The lowest BCUT2D eigenvalue weighted by molar-refractivity contribution is 0.197. The van der Waals surface area contributed by atoms with Crippen molar-refractivity contribution < 1.29 is 4.74 Å². The number of allylic oxidation sites excluding steroid dienone is 2. The molecular formula is C9H13NO. The molecule has 1 saturated heterocycles. The van der Waals surface area contributed by atoms with Crippen LogP contribution in [-0.4, -0.2) is 13.2 Å². The lowest BCUT2D eigenvalue weighted by atomic mass is 10.2. The highest BCUT2D eigenvalue weighted by atomic mass is 16.5. The van der Waals surface area contributed by atoms with E-state index < -0.39 is 0 Å². The molecule has 0 saturated carbocycles. The summed E-state index contributed by atoms with van der Waals surface area (Å²) in [6.07, 6.45) is 1.88. The number of rotatable bonds is 1. The standard InChI is InChI=1S/C9H13NO/c1-7(2)6-9-8(3)10-4-5-11-9/h6,10H,1,3-5H2,2H3/b9-6+. The molecule has 1 heterocycles. The predicted molar refractivity (Wildman–Crippen MR) is 46.0 cm³/mol. The zero-order valence-electron chi connectivity index (χ0n) is 6.81. The van der Waals surface area contributed by atoms with Crippen molar-refractivity contribution in [3.05, 3.63) is 36.3 Å². The Labute approximate surface area is 67.2 Å². The molecular weight excluding hydrogens is 138 g/mol. The van der Waals surface area contributed by atoms with Gasteiger partial charge < -0.3 is 10.1 Å². The Kier molecular flexibility index (Phi) is 2.36. The fourth-order valence-electron chi connectivity index (χ4n) is 0.890. The molecule has 2 heteroatoms. The van der Waals surface area contributed by atoms with E-state index in [2.05, 4.69) is 18.5 Å². The van der Waals surface area contributed by atoms with Gasteiger partial charge in [-0.05, 0) is 13.0 Å². The molecule has 1 rings (SSSR count). The molecule has 1 aliphatic heterocycles. The second-order valence-corrected chi connectivity index (χ2v) is 2.61. The van der Waals surface area contributed by atoms with E-state index in [1.807, 2.05) is 13.0 Å². The molecule has 0 aliphatic carbocycles. The van der Waals surface area contributed by atoms with E-state index in [1.165, 1.54) is 0 Å². The van der Waals surface area contributed by atoms with Crippen molar-refractivity contribution in [3.8, 4) is 0 Å². The topological polar surface area (TPSA) is 21.3 Å². The van der Waals surface area contributed by atoms with Gasteiger partial charge in [-0.1, -0.05) is 18.7 Å². The summed E-state index contributed by atoms with van der Waals surface area (Å²) < 4.78 is 5.34. The fourth-order valence-corrected chi connectivity index (χ4v) is 0.890. The minimum atomic E-state index is 0.706. The number of morpholine rings is 1. The maximum atomic E-state index is 5.34. The molecule has 0 aromatic heterocycles. The molecule has 1 fully saturated rings. The summed E-state index contributed by atoms with van der Waals surface area (Å²) in [6, 6.07) is 0. The van der Waals surface area contributed by atoms with Crippen LogP contribution in [0.15, 0.2) is 36.3 Å². The third kappa shape index (κ3) is 2.15. The van der Waals surface area contributed by atoms with Crippen LogP contribution in [0.25, 0.3) is 0 Å². The van der Waals surface area contributed by atoms with Gasteiger partial charge in [-0.15, -0.1) is 0 Å². The fraction of sp³-hybridized carbons (Fsp3) is 0.333. The van der Waals surface area contributed by atoms with E-state index in [9.17, 15) is 0 Å². The molecule has 11 heavy (non-hydrogen) atoms. The summed E-state index contributed by atoms with van der Waals surface area (Å²) in [4.78, 5) is 0. The Bertz CT molecular complexity index is 216. The van der Waals surface area contributed by atoms with Crippen molar-refractivity contribution >= 4 is 0 Å². The van der Waals surface area contributed by atoms with Gasteiger partial charge in [0.2, 0.25) is 0 Å². The normalized spacial score (nSPS) is 20.8. The molecule has 0 radical (unpaired) electrons. The first-order valence-electron chi connectivity index (χ1n) is 3.63. The summed E-state index contributed by atoms with van der Waals surface area (Å²) in [5, 5.41) is 3.11. The Hall–Kier alpha value is -1.18. The first kappa shape index (κ1) is 7.92. The van der Waals surface area contributed by atoms with Gasteiger partial charge >= 0.3 is 0 Å². The van der Waals surface area contributed by atoms with Crippen LogP contribution in [0.4, 0.5) is 0 Å². The highest BCUT2D eigenvalue weighted by Crippen LogP contribution is 2.12. The van der Waals surface area contributed by atoms with Crippen molar-refractivity contribution in [1.29, 1.82) is 0 Å². The van der Waals surface area contributed by atoms with Crippen molar-refractivity contribution in [1.82, 2.24) is 5.32 Å². The summed E-state index contributed by atoms with van der Waals surface area (Å²) in [6.45, 7) is 11.0. The van der Waals surface area contributed by atoms with E-state index in [1.54, 1.807) is 0 Å². The second kappa shape index (κ2) is 3.28. The van der Waals surface area contributed by atoms with Crippen molar-refractivity contribution in [3.63, 3.8) is 0 Å². The molecule has 0 unspecified atom stereocenters. The monoisotopic (exact) mass is 151 g/mol. The van der Waals surface area contributed by atoms with Gasteiger partial charge in [0, 0.05) is 6.54 Å². The van der Waals surface area contributed by atoms with Gasteiger partial charge in [0.05, 0.1) is 5.70 Å². The van der Waals surface area contributed by atoms with Gasteiger partial charge in [-0.25, -0.2) is 0 Å².